The van der Waals surface area contributed by atoms with Gasteiger partial charge in [-0.2, -0.15) is 0 Å². The van der Waals surface area contributed by atoms with Crippen molar-refractivity contribution >= 4 is 27.8 Å². The molecule has 7 nitrogen and oxygen atoms in total. The van der Waals surface area contributed by atoms with Crippen molar-refractivity contribution in [1.29, 1.82) is 0 Å². The number of para-hydroxylation sites is 1. The molecule has 4 rings (SSSR count). The number of hydrogen-bond donors (Lipinski definition) is 2. The first-order valence-corrected chi connectivity index (χ1v) is 10.2. The van der Waals surface area contributed by atoms with Crippen molar-refractivity contribution in [1.82, 2.24) is 14.5 Å². The van der Waals surface area contributed by atoms with E-state index in [0.717, 1.165) is 34.1 Å². The van der Waals surface area contributed by atoms with Gasteiger partial charge in [-0.1, -0.05) is 30.3 Å². The highest BCUT2D eigenvalue weighted by Gasteiger charge is 2.19. The van der Waals surface area contributed by atoms with Crippen molar-refractivity contribution in [3.05, 3.63) is 60.4 Å². The van der Waals surface area contributed by atoms with Crippen LogP contribution in [0.25, 0.3) is 21.9 Å². The SMILES string of the molecule is CCOC[C@H](Cc1ccc(OCCN)cc1)n1cnc2c(N)nc3ccccc3c21. The Morgan fingerprint density at radius 1 is 1.10 bits per heavy atom. The van der Waals surface area contributed by atoms with Gasteiger partial charge < -0.3 is 25.5 Å². The third kappa shape index (κ3) is 4.08. The van der Waals surface area contributed by atoms with Crippen molar-refractivity contribution < 1.29 is 9.47 Å². The van der Waals surface area contributed by atoms with Crippen LogP contribution in [0.5, 0.6) is 5.75 Å². The van der Waals surface area contributed by atoms with Crippen LogP contribution in [0.2, 0.25) is 0 Å². The van der Waals surface area contributed by atoms with Gasteiger partial charge >= 0.3 is 0 Å². The second-order valence-corrected chi connectivity index (χ2v) is 7.16. The summed E-state index contributed by atoms with van der Waals surface area (Å²) in [5, 5.41) is 1.03. The molecule has 2 aromatic heterocycles. The maximum Gasteiger partial charge on any atom is 0.152 e. The second-order valence-electron chi connectivity index (χ2n) is 7.16. The van der Waals surface area contributed by atoms with E-state index in [1.165, 1.54) is 5.56 Å². The molecular formula is C23H27N5O2. The van der Waals surface area contributed by atoms with Crippen LogP contribution in [0.3, 0.4) is 0 Å². The molecule has 0 aliphatic carbocycles. The molecule has 0 saturated carbocycles. The van der Waals surface area contributed by atoms with Gasteiger partial charge in [0, 0.05) is 18.5 Å². The molecule has 0 amide bonds. The van der Waals surface area contributed by atoms with Crippen molar-refractivity contribution in [3.8, 4) is 5.75 Å². The number of benzene rings is 2. The lowest BCUT2D eigenvalue weighted by atomic mass is 10.1. The zero-order chi connectivity index (χ0) is 20.9. The van der Waals surface area contributed by atoms with Crippen molar-refractivity contribution in [3.63, 3.8) is 0 Å². The first-order valence-electron chi connectivity index (χ1n) is 10.2. The normalized spacial score (nSPS) is 12.5. The number of nitrogens with two attached hydrogens (primary N) is 2. The number of imidazole rings is 1. The van der Waals surface area contributed by atoms with Crippen LogP contribution in [-0.4, -0.2) is 40.9 Å². The fourth-order valence-electron chi connectivity index (χ4n) is 3.71. The predicted octanol–water partition coefficient (Wildman–Crippen LogP) is 3.32. The maximum atomic E-state index is 6.20. The monoisotopic (exact) mass is 405 g/mol. The van der Waals surface area contributed by atoms with Crippen LogP contribution in [0.1, 0.15) is 18.5 Å². The van der Waals surface area contributed by atoms with E-state index in [9.17, 15) is 0 Å². The van der Waals surface area contributed by atoms with E-state index in [4.69, 9.17) is 20.9 Å². The Hall–Kier alpha value is -3.16. The van der Waals surface area contributed by atoms with E-state index in [1.807, 2.05) is 43.6 Å². The molecule has 7 heteroatoms. The third-order valence-electron chi connectivity index (χ3n) is 5.13. The number of hydrogen-bond acceptors (Lipinski definition) is 6. The van der Waals surface area contributed by atoms with Gasteiger partial charge in [0.25, 0.3) is 0 Å². The standard InChI is InChI=1S/C23H27N5O2/c1-2-29-14-17(13-16-7-9-18(10-8-16)30-12-11-24)28-15-26-21-22(28)19-5-3-4-6-20(19)27-23(21)25/h3-10,15,17H,2,11-14,24H2,1H3,(H2,25,27)/t17-/m0/s1. The van der Waals surface area contributed by atoms with E-state index in [-0.39, 0.29) is 6.04 Å². The average Bonchev–Trinajstić information content (AvgIpc) is 3.22. The Bertz CT molecular complexity index is 1120. The van der Waals surface area contributed by atoms with Crippen LogP contribution in [-0.2, 0) is 11.2 Å². The highest BCUT2D eigenvalue weighted by Crippen LogP contribution is 2.30. The molecule has 0 unspecified atom stereocenters. The number of rotatable bonds is 9. The summed E-state index contributed by atoms with van der Waals surface area (Å²) in [5.41, 5.74) is 15.5. The average molecular weight is 406 g/mol. The topological polar surface area (TPSA) is 101 Å². The van der Waals surface area contributed by atoms with Gasteiger partial charge in [0.15, 0.2) is 5.82 Å². The smallest absolute Gasteiger partial charge is 0.152 e. The van der Waals surface area contributed by atoms with Crippen LogP contribution in [0.15, 0.2) is 54.9 Å². The zero-order valence-corrected chi connectivity index (χ0v) is 17.1. The molecule has 0 fully saturated rings. The molecule has 2 aromatic carbocycles. The molecule has 1 atom stereocenters. The predicted molar refractivity (Wildman–Crippen MR) is 120 cm³/mol. The minimum absolute atomic E-state index is 0.0657. The van der Waals surface area contributed by atoms with Gasteiger partial charge in [-0.15, -0.1) is 0 Å². The summed E-state index contributed by atoms with van der Waals surface area (Å²) in [6.07, 6.45) is 2.64. The largest absolute Gasteiger partial charge is 0.492 e. The van der Waals surface area contributed by atoms with Gasteiger partial charge in [0.2, 0.25) is 0 Å². The zero-order valence-electron chi connectivity index (χ0n) is 17.1. The first kappa shape index (κ1) is 20.1. The van der Waals surface area contributed by atoms with E-state index < -0.39 is 0 Å². The molecular weight excluding hydrogens is 378 g/mol. The summed E-state index contributed by atoms with van der Waals surface area (Å²) < 4.78 is 13.6. The third-order valence-corrected chi connectivity index (χ3v) is 5.13. The molecule has 30 heavy (non-hydrogen) atoms. The van der Waals surface area contributed by atoms with Crippen LogP contribution in [0.4, 0.5) is 5.82 Å². The Balaban J connectivity index is 1.71. The van der Waals surface area contributed by atoms with Crippen LogP contribution in [0, 0.1) is 0 Å². The maximum absolute atomic E-state index is 6.20. The fraction of sp³-hybridized carbons (Fsp3) is 0.304. The van der Waals surface area contributed by atoms with Gasteiger partial charge in [-0.3, -0.25) is 0 Å². The molecule has 4 aromatic rings. The number of ether oxygens (including phenoxy) is 2. The van der Waals surface area contributed by atoms with Crippen molar-refractivity contribution in [2.45, 2.75) is 19.4 Å². The minimum atomic E-state index is 0.0657. The Kier molecular flexibility index (Phi) is 6.11. The highest BCUT2D eigenvalue weighted by molar-refractivity contribution is 6.06. The molecule has 0 saturated heterocycles. The number of anilines is 1. The fourth-order valence-corrected chi connectivity index (χ4v) is 3.71. The van der Waals surface area contributed by atoms with Crippen molar-refractivity contribution in [2.75, 3.05) is 32.1 Å². The Morgan fingerprint density at radius 3 is 2.67 bits per heavy atom. The molecule has 2 heterocycles. The number of pyridine rings is 1. The van der Waals surface area contributed by atoms with E-state index >= 15 is 0 Å². The van der Waals surface area contributed by atoms with Gasteiger partial charge in [-0.05, 0) is 37.1 Å². The lowest BCUT2D eigenvalue weighted by Crippen LogP contribution is -2.18. The van der Waals surface area contributed by atoms with Gasteiger partial charge in [0.05, 0.1) is 30.0 Å². The molecule has 0 spiro atoms. The number of aromatic nitrogens is 3. The van der Waals surface area contributed by atoms with Crippen LogP contribution >= 0.6 is 0 Å². The summed E-state index contributed by atoms with van der Waals surface area (Å²) >= 11 is 0. The summed E-state index contributed by atoms with van der Waals surface area (Å²) in [4.78, 5) is 9.08. The lowest BCUT2D eigenvalue weighted by Gasteiger charge is -2.20. The van der Waals surface area contributed by atoms with Gasteiger partial charge in [-0.25, -0.2) is 9.97 Å². The summed E-state index contributed by atoms with van der Waals surface area (Å²) in [6.45, 7) is 4.24. The first-order chi connectivity index (χ1) is 14.7. The molecule has 0 aliphatic heterocycles. The number of fused-ring (bicyclic) bond motifs is 3. The van der Waals surface area contributed by atoms with Crippen LogP contribution < -0.4 is 16.2 Å². The molecule has 0 radical (unpaired) electrons. The van der Waals surface area contributed by atoms with E-state index in [1.54, 1.807) is 0 Å². The summed E-state index contributed by atoms with van der Waals surface area (Å²) in [7, 11) is 0. The van der Waals surface area contributed by atoms with E-state index in [2.05, 4.69) is 32.7 Å². The summed E-state index contributed by atoms with van der Waals surface area (Å²) in [6, 6.07) is 16.2. The second kappa shape index (κ2) is 9.11. The summed E-state index contributed by atoms with van der Waals surface area (Å²) in [5.74, 6) is 1.27. The number of nitrogens with zero attached hydrogens (tertiary/aromatic N) is 3. The lowest BCUT2D eigenvalue weighted by molar-refractivity contribution is 0.114. The van der Waals surface area contributed by atoms with E-state index in [0.29, 0.717) is 32.2 Å². The highest BCUT2D eigenvalue weighted by atomic mass is 16.5. The number of nitrogen functional groups attached to an aromatic ring is 1. The molecule has 0 bridgehead atoms. The van der Waals surface area contributed by atoms with Crippen molar-refractivity contribution in [2.24, 2.45) is 5.73 Å². The Morgan fingerprint density at radius 2 is 1.90 bits per heavy atom. The quantitative estimate of drug-likeness (QED) is 0.443. The molecule has 156 valence electrons. The molecule has 0 aliphatic rings. The van der Waals surface area contributed by atoms with Gasteiger partial charge in [0.1, 0.15) is 17.9 Å². The Labute approximate surface area is 175 Å². The minimum Gasteiger partial charge on any atom is -0.492 e. The molecule has 4 N–H and O–H groups in total.